The van der Waals surface area contributed by atoms with E-state index in [2.05, 4.69) is 5.32 Å². The van der Waals surface area contributed by atoms with Crippen LogP contribution in [0.25, 0.3) is 0 Å². The fourth-order valence-electron chi connectivity index (χ4n) is 2.85. The molecule has 0 heterocycles. The third-order valence-corrected chi connectivity index (χ3v) is 4.46. The van der Waals surface area contributed by atoms with Gasteiger partial charge in [-0.3, -0.25) is 4.79 Å². The summed E-state index contributed by atoms with van der Waals surface area (Å²) in [5, 5.41) is 2.75. The van der Waals surface area contributed by atoms with Gasteiger partial charge < -0.3 is 11.1 Å². The molecule has 3 atom stereocenters. The number of amides is 1. The van der Waals surface area contributed by atoms with Crippen LogP contribution in [0.2, 0.25) is 0 Å². The first-order valence-corrected chi connectivity index (χ1v) is 7.36. The molecule has 20 heavy (non-hydrogen) atoms. The SMILES string of the molecule is NC(=S)C(NC(=O)C1CCCC(C(F)(F)F)C1)C1CC1. The molecule has 114 valence electrons. The van der Waals surface area contributed by atoms with Crippen molar-refractivity contribution in [3.8, 4) is 0 Å². The van der Waals surface area contributed by atoms with E-state index in [1.165, 1.54) is 0 Å². The standard InChI is InChI=1S/C13H19F3N2OS/c14-13(15,16)9-3-1-2-8(6-9)12(19)18-10(11(17)20)7-4-5-7/h7-10H,1-6H2,(H2,17,20)(H,18,19). The summed E-state index contributed by atoms with van der Waals surface area (Å²) in [6.45, 7) is 0. The van der Waals surface area contributed by atoms with E-state index in [0.717, 1.165) is 12.8 Å². The highest BCUT2D eigenvalue weighted by Crippen LogP contribution is 2.40. The minimum absolute atomic E-state index is 0.120. The molecule has 0 aromatic rings. The maximum Gasteiger partial charge on any atom is 0.391 e. The van der Waals surface area contributed by atoms with E-state index < -0.39 is 18.0 Å². The monoisotopic (exact) mass is 308 g/mol. The van der Waals surface area contributed by atoms with Gasteiger partial charge in [0, 0.05) is 5.92 Å². The lowest BCUT2D eigenvalue weighted by molar-refractivity contribution is -0.186. The van der Waals surface area contributed by atoms with Gasteiger partial charge in [0.1, 0.15) is 0 Å². The Hall–Kier alpha value is -0.850. The number of nitrogens with one attached hydrogen (secondary N) is 1. The van der Waals surface area contributed by atoms with Gasteiger partial charge in [0.15, 0.2) is 0 Å². The van der Waals surface area contributed by atoms with E-state index in [1.54, 1.807) is 0 Å². The second-order valence-corrected chi connectivity index (χ2v) is 6.30. The molecule has 0 bridgehead atoms. The molecule has 2 aliphatic carbocycles. The summed E-state index contributed by atoms with van der Waals surface area (Å²) in [7, 11) is 0. The predicted molar refractivity (Wildman–Crippen MR) is 72.9 cm³/mol. The Labute approximate surface area is 121 Å². The Morgan fingerprint density at radius 1 is 1.25 bits per heavy atom. The molecule has 2 saturated carbocycles. The van der Waals surface area contributed by atoms with Crippen molar-refractivity contribution in [3.63, 3.8) is 0 Å². The van der Waals surface area contributed by atoms with Gasteiger partial charge in [-0.05, 0) is 38.0 Å². The third-order valence-electron chi connectivity index (χ3n) is 4.21. The van der Waals surface area contributed by atoms with Crippen molar-refractivity contribution in [2.24, 2.45) is 23.5 Å². The zero-order valence-electron chi connectivity index (χ0n) is 11.1. The summed E-state index contributed by atoms with van der Waals surface area (Å²) in [5.41, 5.74) is 5.59. The van der Waals surface area contributed by atoms with Gasteiger partial charge in [0.05, 0.1) is 16.9 Å². The molecule has 0 spiro atoms. The third kappa shape index (κ3) is 3.84. The van der Waals surface area contributed by atoms with Crippen LogP contribution in [0.1, 0.15) is 38.5 Å². The van der Waals surface area contributed by atoms with Gasteiger partial charge in [-0.25, -0.2) is 0 Å². The van der Waals surface area contributed by atoms with Crippen molar-refractivity contribution in [3.05, 3.63) is 0 Å². The van der Waals surface area contributed by atoms with Crippen LogP contribution in [0.4, 0.5) is 13.2 Å². The number of hydrogen-bond acceptors (Lipinski definition) is 2. The molecule has 0 aromatic heterocycles. The predicted octanol–water partition coefficient (Wildman–Crippen LogP) is 2.54. The summed E-state index contributed by atoms with van der Waals surface area (Å²) in [5.74, 6) is -2.01. The molecule has 0 saturated heterocycles. The van der Waals surface area contributed by atoms with E-state index in [0.29, 0.717) is 12.8 Å². The number of alkyl halides is 3. The lowest BCUT2D eigenvalue weighted by Gasteiger charge is -2.30. The van der Waals surface area contributed by atoms with Crippen LogP contribution in [0.5, 0.6) is 0 Å². The van der Waals surface area contributed by atoms with Crippen LogP contribution in [0, 0.1) is 17.8 Å². The number of halogens is 3. The molecular formula is C13H19F3N2OS. The van der Waals surface area contributed by atoms with Gasteiger partial charge >= 0.3 is 6.18 Å². The molecule has 0 radical (unpaired) electrons. The maximum atomic E-state index is 12.7. The molecular weight excluding hydrogens is 289 g/mol. The van der Waals surface area contributed by atoms with Gasteiger partial charge in [0.25, 0.3) is 0 Å². The summed E-state index contributed by atoms with van der Waals surface area (Å²) in [4.78, 5) is 12.4. The van der Waals surface area contributed by atoms with Crippen molar-refractivity contribution in [1.82, 2.24) is 5.32 Å². The van der Waals surface area contributed by atoms with Gasteiger partial charge in [-0.2, -0.15) is 13.2 Å². The number of hydrogen-bond donors (Lipinski definition) is 2. The van der Waals surface area contributed by atoms with Crippen LogP contribution >= 0.6 is 12.2 Å². The Morgan fingerprint density at radius 2 is 1.90 bits per heavy atom. The second kappa shape index (κ2) is 5.87. The lowest BCUT2D eigenvalue weighted by atomic mass is 9.80. The van der Waals surface area contributed by atoms with Crippen molar-refractivity contribution in [2.45, 2.75) is 50.7 Å². The average molecular weight is 308 g/mol. The van der Waals surface area contributed by atoms with Crippen molar-refractivity contribution >= 4 is 23.1 Å². The van der Waals surface area contributed by atoms with Crippen LogP contribution in [-0.4, -0.2) is 23.1 Å². The van der Waals surface area contributed by atoms with Crippen LogP contribution < -0.4 is 11.1 Å². The minimum Gasteiger partial charge on any atom is -0.392 e. The zero-order chi connectivity index (χ0) is 14.9. The Morgan fingerprint density at radius 3 is 2.40 bits per heavy atom. The second-order valence-electron chi connectivity index (χ2n) is 5.83. The molecule has 0 aromatic carbocycles. The van der Waals surface area contributed by atoms with E-state index in [9.17, 15) is 18.0 Å². The quantitative estimate of drug-likeness (QED) is 0.785. The molecule has 3 N–H and O–H groups in total. The molecule has 7 heteroatoms. The van der Waals surface area contributed by atoms with Gasteiger partial charge in [0.2, 0.25) is 5.91 Å². The smallest absolute Gasteiger partial charge is 0.391 e. The molecule has 3 unspecified atom stereocenters. The summed E-state index contributed by atoms with van der Waals surface area (Å²) >= 11 is 4.92. The van der Waals surface area contributed by atoms with Crippen molar-refractivity contribution in [2.75, 3.05) is 0 Å². The maximum absolute atomic E-state index is 12.7. The van der Waals surface area contributed by atoms with E-state index in [1.807, 2.05) is 0 Å². The molecule has 3 nitrogen and oxygen atoms in total. The summed E-state index contributed by atoms with van der Waals surface area (Å²) < 4.78 is 38.2. The highest BCUT2D eigenvalue weighted by molar-refractivity contribution is 7.80. The highest BCUT2D eigenvalue weighted by atomic mass is 32.1. The van der Waals surface area contributed by atoms with Crippen molar-refractivity contribution < 1.29 is 18.0 Å². The lowest BCUT2D eigenvalue weighted by Crippen LogP contribution is -2.48. The Bertz CT molecular complexity index is 396. The van der Waals surface area contributed by atoms with E-state index >= 15 is 0 Å². The van der Waals surface area contributed by atoms with E-state index in [4.69, 9.17) is 18.0 Å². The highest BCUT2D eigenvalue weighted by Gasteiger charge is 2.44. The summed E-state index contributed by atoms with van der Waals surface area (Å²) in [6, 6.07) is -0.358. The Kier molecular flexibility index (Phi) is 4.56. The first kappa shape index (κ1) is 15.5. The first-order chi connectivity index (χ1) is 9.29. The number of nitrogens with two attached hydrogens (primary N) is 1. The molecule has 2 fully saturated rings. The van der Waals surface area contributed by atoms with Gasteiger partial charge in [-0.15, -0.1) is 0 Å². The topological polar surface area (TPSA) is 55.1 Å². The molecule has 2 aliphatic rings. The average Bonchev–Trinajstić information content (AvgIpc) is 3.18. The normalized spacial score (nSPS) is 28.8. The fourth-order valence-corrected chi connectivity index (χ4v) is 3.10. The van der Waals surface area contributed by atoms with Crippen LogP contribution in [-0.2, 0) is 4.79 Å². The van der Waals surface area contributed by atoms with Crippen LogP contribution in [0.3, 0.4) is 0 Å². The molecule has 0 aliphatic heterocycles. The number of carbonyl (C=O) groups excluding carboxylic acids is 1. The van der Waals surface area contributed by atoms with Gasteiger partial charge in [-0.1, -0.05) is 18.6 Å². The summed E-state index contributed by atoms with van der Waals surface area (Å²) in [6.07, 6.45) is -1.36. The fraction of sp³-hybridized carbons (Fsp3) is 0.846. The minimum atomic E-state index is -4.21. The first-order valence-electron chi connectivity index (χ1n) is 6.95. The van der Waals surface area contributed by atoms with Crippen LogP contribution in [0.15, 0.2) is 0 Å². The zero-order valence-corrected chi connectivity index (χ0v) is 11.9. The number of thiocarbonyl (C=S) groups is 1. The van der Waals surface area contributed by atoms with E-state index in [-0.39, 0.29) is 35.7 Å². The Balaban J connectivity index is 1.93. The molecule has 1 amide bonds. The number of rotatable bonds is 4. The number of carbonyl (C=O) groups is 1. The van der Waals surface area contributed by atoms with Crippen molar-refractivity contribution in [1.29, 1.82) is 0 Å². The molecule has 2 rings (SSSR count). The largest absolute Gasteiger partial charge is 0.392 e.